The van der Waals surface area contributed by atoms with Crippen molar-refractivity contribution in [3.8, 4) is 0 Å². The lowest BCUT2D eigenvalue weighted by molar-refractivity contribution is -0.141. The topological polar surface area (TPSA) is 211 Å². The lowest BCUT2D eigenvalue weighted by atomic mass is 9.99. The summed E-state index contributed by atoms with van der Waals surface area (Å²) in [5.41, 5.74) is 2.31. The average molecular weight is 770 g/mol. The average Bonchev–Trinajstić information content (AvgIpc) is 3.64. The second kappa shape index (κ2) is 17.1. The molecule has 3 aromatic rings. The van der Waals surface area contributed by atoms with Gasteiger partial charge >= 0.3 is 6.03 Å². The van der Waals surface area contributed by atoms with Gasteiger partial charge in [0.05, 0.1) is 25.0 Å². The van der Waals surface area contributed by atoms with E-state index in [1.807, 2.05) is 39.8 Å². The molecule has 2 aromatic heterocycles. The Hall–Kier alpha value is -6.13. The first-order chi connectivity index (χ1) is 26.4. The van der Waals surface area contributed by atoms with Crippen LogP contribution in [-0.4, -0.2) is 105 Å². The summed E-state index contributed by atoms with van der Waals surface area (Å²) in [6, 6.07) is 6.57. The summed E-state index contributed by atoms with van der Waals surface area (Å²) in [5.74, 6) is -1.48. The van der Waals surface area contributed by atoms with Crippen molar-refractivity contribution in [3.63, 3.8) is 0 Å². The first kappa shape index (κ1) is 41.0. The Morgan fingerprint density at radius 2 is 1.79 bits per heavy atom. The molecule has 56 heavy (non-hydrogen) atoms. The number of aromatic nitrogens is 3. The van der Waals surface area contributed by atoms with Gasteiger partial charge in [-0.25, -0.2) is 9.78 Å². The van der Waals surface area contributed by atoms with E-state index >= 15 is 0 Å². The number of nitrogens with one attached hydrogen (secondary N) is 5. The molecule has 2 aliphatic heterocycles. The first-order valence-corrected chi connectivity index (χ1v) is 18.6. The van der Waals surface area contributed by atoms with Gasteiger partial charge in [-0.15, -0.1) is 0 Å². The minimum atomic E-state index is -1.38. The maximum atomic E-state index is 13.5. The van der Waals surface area contributed by atoms with Gasteiger partial charge in [-0.2, -0.15) is 4.98 Å². The highest BCUT2D eigenvalue weighted by Gasteiger charge is 2.39. The van der Waals surface area contributed by atoms with Gasteiger partial charge in [0.15, 0.2) is 0 Å². The van der Waals surface area contributed by atoms with E-state index in [1.165, 1.54) is 14.7 Å². The van der Waals surface area contributed by atoms with Gasteiger partial charge in [0, 0.05) is 49.3 Å². The fourth-order valence-corrected chi connectivity index (χ4v) is 6.50. The third-order valence-corrected chi connectivity index (χ3v) is 9.62. The van der Waals surface area contributed by atoms with Gasteiger partial charge in [0.25, 0.3) is 5.91 Å². The molecule has 0 aliphatic carbocycles. The first-order valence-electron chi connectivity index (χ1n) is 18.6. The van der Waals surface area contributed by atoms with Gasteiger partial charge in [-0.05, 0) is 82.7 Å². The zero-order chi connectivity index (χ0) is 40.9. The molecule has 2 atom stereocenters. The molecule has 0 saturated carbocycles. The molecule has 0 spiro atoms. The van der Waals surface area contributed by atoms with Crippen molar-refractivity contribution in [2.75, 3.05) is 42.7 Å². The van der Waals surface area contributed by atoms with Crippen LogP contribution in [0.5, 0.6) is 0 Å². The summed E-state index contributed by atoms with van der Waals surface area (Å²) < 4.78 is 0. The lowest BCUT2D eigenvalue weighted by Crippen LogP contribution is -2.61. The number of likely N-dealkylation sites (tertiary alicyclic amines) is 1. The number of anilines is 4. The van der Waals surface area contributed by atoms with Crippen LogP contribution in [0.15, 0.2) is 42.7 Å². The van der Waals surface area contributed by atoms with E-state index in [-0.39, 0.29) is 30.5 Å². The molecule has 0 bridgehead atoms. The molecular weight excluding hydrogens is 718 g/mol. The highest BCUT2D eigenvalue weighted by atomic mass is 16.2. The zero-order valence-corrected chi connectivity index (χ0v) is 33.1. The smallest absolute Gasteiger partial charge is 0.327 e. The van der Waals surface area contributed by atoms with Crippen LogP contribution >= 0.6 is 0 Å². The Bertz CT molecular complexity index is 2000. The third-order valence-electron chi connectivity index (χ3n) is 9.62. The number of carbonyl (C=O) groups excluding carboxylic acids is 6. The van der Waals surface area contributed by atoms with Crippen molar-refractivity contribution >= 4 is 58.7 Å². The highest BCUT2D eigenvalue weighted by molar-refractivity contribution is 6.05. The van der Waals surface area contributed by atoms with Crippen molar-refractivity contribution < 1.29 is 28.8 Å². The van der Waals surface area contributed by atoms with Crippen LogP contribution in [0.2, 0.25) is 0 Å². The summed E-state index contributed by atoms with van der Waals surface area (Å²) in [4.78, 5) is 96.9. The molecule has 7 amide bonds. The minimum absolute atomic E-state index is 0.138. The molecule has 298 valence electrons. The monoisotopic (exact) mass is 769 g/mol. The quantitative estimate of drug-likeness (QED) is 0.172. The molecule has 1 aromatic carbocycles. The van der Waals surface area contributed by atoms with Gasteiger partial charge in [-0.3, -0.25) is 39.2 Å². The Balaban J connectivity index is 1.19. The molecule has 1 saturated heterocycles. The van der Waals surface area contributed by atoms with Crippen molar-refractivity contribution in [3.05, 3.63) is 65.1 Å². The summed E-state index contributed by atoms with van der Waals surface area (Å²) in [6.07, 6.45) is 4.66. The number of rotatable bonds is 13. The van der Waals surface area contributed by atoms with Crippen LogP contribution in [0.1, 0.15) is 74.1 Å². The number of urea groups is 1. The number of hydrogen-bond acceptors (Lipinski definition) is 10. The Morgan fingerprint density at radius 3 is 2.46 bits per heavy atom. The molecule has 5 N–H and O–H groups in total. The molecule has 0 radical (unpaired) electrons. The number of nitrogens with zero attached hydrogens (tertiary/aromatic N) is 6. The molecular formula is C39H51N11O6. The van der Waals surface area contributed by atoms with E-state index in [4.69, 9.17) is 0 Å². The van der Waals surface area contributed by atoms with E-state index in [0.717, 1.165) is 11.3 Å². The number of fused-ring (bicyclic) bond motifs is 1. The van der Waals surface area contributed by atoms with E-state index in [9.17, 15) is 28.8 Å². The van der Waals surface area contributed by atoms with Gasteiger partial charge in [0.2, 0.25) is 29.6 Å². The lowest BCUT2D eigenvalue weighted by Gasteiger charge is -2.32. The van der Waals surface area contributed by atoms with E-state index in [0.29, 0.717) is 54.5 Å². The van der Waals surface area contributed by atoms with Crippen molar-refractivity contribution in [1.82, 2.24) is 40.7 Å². The Labute approximate surface area is 326 Å². The van der Waals surface area contributed by atoms with Gasteiger partial charge in [-0.1, -0.05) is 19.9 Å². The minimum Gasteiger partial charge on any atom is -0.347 e. The van der Waals surface area contributed by atoms with Crippen molar-refractivity contribution in [1.29, 1.82) is 0 Å². The molecule has 0 unspecified atom stereocenters. The van der Waals surface area contributed by atoms with Crippen LogP contribution < -0.4 is 31.5 Å². The van der Waals surface area contributed by atoms with E-state index in [1.54, 1.807) is 58.5 Å². The molecule has 2 aliphatic rings. The fraction of sp³-hybridized carbons (Fsp3) is 0.462. The summed E-state index contributed by atoms with van der Waals surface area (Å²) in [5, 5.41) is 14.1. The maximum absolute atomic E-state index is 13.5. The molecule has 17 heteroatoms. The SMILES string of the molecule is Cc1ccc(Nc2ncc3c(n2)NC(=O)N(c2cc(C(=O)NCC(=O)N4CCC[C@H]4C(=O)NC(C)(C)C(=O)N[C@@H](CC(C)C)C(=O)N(C)C)ccc2C)C3)cn1. The maximum Gasteiger partial charge on any atom is 0.327 e. The zero-order valence-electron chi connectivity index (χ0n) is 33.1. The second-order valence-corrected chi connectivity index (χ2v) is 15.3. The summed E-state index contributed by atoms with van der Waals surface area (Å²) in [6.45, 7) is 10.8. The summed E-state index contributed by atoms with van der Waals surface area (Å²) >= 11 is 0. The van der Waals surface area contributed by atoms with Crippen molar-refractivity contribution in [2.45, 2.75) is 85.0 Å². The van der Waals surface area contributed by atoms with Gasteiger partial charge < -0.3 is 31.1 Å². The molecule has 4 heterocycles. The largest absolute Gasteiger partial charge is 0.347 e. The third kappa shape index (κ3) is 9.75. The number of amides is 7. The second-order valence-electron chi connectivity index (χ2n) is 15.3. The van der Waals surface area contributed by atoms with Crippen molar-refractivity contribution in [2.24, 2.45) is 5.92 Å². The van der Waals surface area contributed by atoms with Crippen LogP contribution in [0, 0.1) is 19.8 Å². The molecule has 17 nitrogen and oxygen atoms in total. The predicted molar refractivity (Wildman–Crippen MR) is 210 cm³/mol. The number of likely N-dealkylation sites (N-methyl/N-ethyl adjacent to an activating group) is 1. The van der Waals surface area contributed by atoms with E-state index in [2.05, 4.69) is 41.5 Å². The predicted octanol–water partition coefficient (Wildman–Crippen LogP) is 3.02. The van der Waals surface area contributed by atoms with Gasteiger partial charge in [0.1, 0.15) is 23.4 Å². The Morgan fingerprint density at radius 1 is 1.04 bits per heavy atom. The number of benzene rings is 1. The van der Waals surface area contributed by atoms with Crippen LogP contribution in [0.25, 0.3) is 0 Å². The summed E-state index contributed by atoms with van der Waals surface area (Å²) in [7, 11) is 3.23. The normalized spacial score (nSPS) is 15.7. The van der Waals surface area contributed by atoms with E-state index < -0.39 is 47.3 Å². The number of aryl methyl sites for hydroxylation is 2. The molecule has 5 rings (SSSR count). The fourth-order valence-electron chi connectivity index (χ4n) is 6.50. The molecule has 1 fully saturated rings. The van der Waals surface area contributed by atoms with Crippen LogP contribution in [-0.2, 0) is 25.7 Å². The standard InChI is InChI=1S/C39H51N11O6/c1-22(2)16-28(35(54)48(7)8)44-36(55)39(5,6)47-34(53)29-10-9-15-49(29)31(51)20-41-33(52)25-13-11-23(3)30(17-25)50-21-26-18-42-37(45-32(26)46-38(50)56)43-27-14-12-24(4)40-19-27/h11-14,17-19,22,28-29H,9-10,15-16,20-21H2,1-8H3,(H,41,52)(H,44,55)(H,47,53)(H2,42,43,45,46,56)/t28-,29-/m0/s1. The number of hydrogen-bond donors (Lipinski definition) is 5. The van der Waals surface area contributed by atoms with Crippen LogP contribution in [0.3, 0.4) is 0 Å². The number of pyridine rings is 1. The van der Waals surface area contributed by atoms with Crippen LogP contribution in [0.4, 0.5) is 27.9 Å². The number of carbonyl (C=O) groups is 6. The highest BCUT2D eigenvalue weighted by Crippen LogP contribution is 2.30. The Kier molecular flexibility index (Phi) is 12.5.